The SMILES string of the molecule is CCCP(=O)(CCC)C(C)(C)C/C(C)=N/O. The van der Waals surface area contributed by atoms with Crippen LogP contribution in [0.25, 0.3) is 0 Å². The third kappa shape index (κ3) is 3.93. The van der Waals surface area contributed by atoms with Crippen molar-refractivity contribution in [2.24, 2.45) is 5.16 Å². The van der Waals surface area contributed by atoms with Crippen molar-refractivity contribution in [3.8, 4) is 0 Å². The molecule has 0 radical (unpaired) electrons. The number of hydrogen-bond acceptors (Lipinski definition) is 3. The highest BCUT2D eigenvalue weighted by molar-refractivity contribution is 7.65. The predicted molar refractivity (Wildman–Crippen MR) is 71.5 cm³/mol. The van der Waals surface area contributed by atoms with Gasteiger partial charge in [0.25, 0.3) is 0 Å². The molecule has 0 bridgehead atoms. The molecule has 0 aliphatic heterocycles. The summed E-state index contributed by atoms with van der Waals surface area (Å²) in [6.45, 7) is 10.0. The average Bonchev–Trinajstić information content (AvgIpc) is 2.17. The van der Waals surface area contributed by atoms with Crippen LogP contribution in [0, 0.1) is 0 Å². The van der Waals surface area contributed by atoms with E-state index in [1.807, 2.05) is 13.8 Å². The Kier molecular flexibility index (Phi) is 6.32. The monoisotopic (exact) mass is 247 g/mol. The van der Waals surface area contributed by atoms with Crippen molar-refractivity contribution in [2.75, 3.05) is 12.3 Å². The van der Waals surface area contributed by atoms with E-state index in [0.29, 0.717) is 12.1 Å². The Bertz CT molecular complexity index is 275. The molecular weight excluding hydrogens is 221 g/mol. The van der Waals surface area contributed by atoms with E-state index < -0.39 is 7.14 Å². The van der Waals surface area contributed by atoms with Crippen LogP contribution >= 0.6 is 7.14 Å². The second-order valence-electron chi connectivity index (χ2n) is 5.16. The third-order valence-electron chi connectivity index (χ3n) is 3.13. The predicted octanol–water partition coefficient (Wildman–Crippen LogP) is 4.19. The van der Waals surface area contributed by atoms with Crippen molar-refractivity contribution in [3.05, 3.63) is 0 Å². The maximum Gasteiger partial charge on any atom is 0.0933 e. The maximum atomic E-state index is 12.9. The molecule has 16 heavy (non-hydrogen) atoms. The van der Waals surface area contributed by atoms with Gasteiger partial charge in [-0.15, -0.1) is 0 Å². The zero-order valence-corrected chi connectivity index (χ0v) is 12.2. The highest BCUT2D eigenvalue weighted by Gasteiger charge is 2.38. The normalized spacial score (nSPS) is 14.2. The minimum Gasteiger partial charge on any atom is -0.411 e. The van der Waals surface area contributed by atoms with Crippen LogP contribution < -0.4 is 0 Å². The molecule has 0 atom stereocenters. The summed E-state index contributed by atoms with van der Waals surface area (Å²) in [5.74, 6) is 0. The highest BCUT2D eigenvalue weighted by atomic mass is 31.2. The van der Waals surface area contributed by atoms with Gasteiger partial charge in [0, 0.05) is 23.9 Å². The van der Waals surface area contributed by atoms with E-state index in [1.165, 1.54) is 0 Å². The summed E-state index contributed by atoms with van der Waals surface area (Å²) in [6.07, 6.45) is 4.12. The van der Waals surface area contributed by atoms with Crippen LogP contribution in [0.3, 0.4) is 0 Å². The van der Waals surface area contributed by atoms with Gasteiger partial charge in [0.15, 0.2) is 0 Å². The Labute approximate surface area is 99.7 Å². The van der Waals surface area contributed by atoms with Gasteiger partial charge in [-0.05, 0) is 19.8 Å². The molecule has 1 N–H and O–H groups in total. The molecule has 0 aromatic heterocycles. The van der Waals surface area contributed by atoms with Crippen LogP contribution in [0.2, 0.25) is 0 Å². The molecule has 0 saturated heterocycles. The van der Waals surface area contributed by atoms with E-state index in [1.54, 1.807) is 6.92 Å². The van der Waals surface area contributed by atoms with Crippen molar-refractivity contribution in [2.45, 2.75) is 59.0 Å². The van der Waals surface area contributed by atoms with Gasteiger partial charge in [0.1, 0.15) is 0 Å². The summed E-state index contributed by atoms with van der Waals surface area (Å²) in [5, 5.41) is 11.7. The maximum absolute atomic E-state index is 12.9. The molecule has 0 rings (SSSR count). The zero-order chi connectivity index (χ0) is 12.8. The second kappa shape index (κ2) is 6.44. The molecule has 0 unspecified atom stereocenters. The van der Waals surface area contributed by atoms with Crippen LogP contribution in [0.1, 0.15) is 53.9 Å². The van der Waals surface area contributed by atoms with E-state index in [4.69, 9.17) is 5.21 Å². The molecule has 0 fully saturated rings. The first-order chi connectivity index (χ1) is 7.33. The van der Waals surface area contributed by atoms with E-state index in [2.05, 4.69) is 19.0 Å². The van der Waals surface area contributed by atoms with Gasteiger partial charge in [-0.25, -0.2) is 0 Å². The van der Waals surface area contributed by atoms with E-state index in [9.17, 15) is 4.57 Å². The van der Waals surface area contributed by atoms with E-state index in [-0.39, 0.29) is 5.16 Å². The molecule has 3 nitrogen and oxygen atoms in total. The molecule has 0 saturated carbocycles. The summed E-state index contributed by atoms with van der Waals surface area (Å²) in [4.78, 5) is 0. The smallest absolute Gasteiger partial charge is 0.0933 e. The molecule has 0 aromatic rings. The second-order valence-corrected chi connectivity index (χ2v) is 9.04. The van der Waals surface area contributed by atoms with Crippen LogP contribution in [-0.4, -0.2) is 28.4 Å². The Balaban J connectivity index is 4.95. The summed E-state index contributed by atoms with van der Waals surface area (Å²) in [6, 6.07) is 0. The minimum absolute atomic E-state index is 0.255. The molecule has 0 heterocycles. The molecular formula is C12H26NO2P. The topological polar surface area (TPSA) is 49.7 Å². The third-order valence-corrected chi connectivity index (χ3v) is 7.84. The Morgan fingerprint density at radius 3 is 2.00 bits per heavy atom. The van der Waals surface area contributed by atoms with Gasteiger partial charge in [0.05, 0.1) is 12.9 Å². The lowest BCUT2D eigenvalue weighted by molar-refractivity contribution is 0.316. The lowest BCUT2D eigenvalue weighted by atomic mass is 10.1. The highest BCUT2D eigenvalue weighted by Crippen LogP contribution is 2.60. The fraction of sp³-hybridized carbons (Fsp3) is 0.917. The van der Waals surface area contributed by atoms with Gasteiger partial charge in [-0.2, -0.15) is 0 Å². The van der Waals surface area contributed by atoms with Crippen LogP contribution in [-0.2, 0) is 4.57 Å². The zero-order valence-electron chi connectivity index (χ0n) is 11.3. The van der Waals surface area contributed by atoms with Crippen LogP contribution in [0.4, 0.5) is 0 Å². The van der Waals surface area contributed by atoms with Crippen LogP contribution in [0.15, 0.2) is 5.16 Å². The molecule has 0 aliphatic carbocycles. The van der Waals surface area contributed by atoms with Gasteiger partial charge >= 0.3 is 0 Å². The Hall–Kier alpha value is -0.300. The first kappa shape index (κ1) is 15.7. The largest absolute Gasteiger partial charge is 0.411 e. The van der Waals surface area contributed by atoms with E-state index >= 15 is 0 Å². The fourth-order valence-corrected chi connectivity index (χ4v) is 5.64. The van der Waals surface area contributed by atoms with Gasteiger partial charge in [-0.1, -0.05) is 32.9 Å². The Morgan fingerprint density at radius 1 is 1.25 bits per heavy atom. The molecule has 0 spiro atoms. The van der Waals surface area contributed by atoms with Crippen molar-refractivity contribution in [1.29, 1.82) is 0 Å². The van der Waals surface area contributed by atoms with Crippen molar-refractivity contribution in [3.63, 3.8) is 0 Å². The number of hydrogen-bond donors (Lipinski definition) is 1. The summed E-state index contributed by atoms with van der Waals surface area (Å²) >= 11 is 0. The first-order valence-electron chi connectivity index (χ1n) is 6.08. The molecule has 96 valence electrons. The number of rotatable bonds is 7. The summed E-state index contributed by atoms with van der Waals surface area (Å²) in [5.41, 5.74) is 0.664. The fourth-order valence-electron chi connectivity index (χ4n) is 2.25. The lowest BCUT2D eigenvalue weighted by Gasteiger charge is -2.34. The quantitative estimate of drug-likeness (QED) is 0.317. The van der Waals surface area contributed by atoms with Gasteiger partial charge in [-0.3, -0.25) is 0 Å². The van der Waals surface area contributed by atoms with Crippen LogP contribution in [0.5, 0.6) is 0 Å². The average molecular weight is 247 g/mol. The minimum atomic E-state index is -2.18. The number of oxime groups is 1. The molecule has 4 heteroatoms. The summed E-state index contributed by atoms with van der Waals surface area (Å²) in [7, 11) is -2.18. The van der Waals surface area contributed by atoms with Gasteiger partial charge in [0.2, 0.25) is 0 Å². The standard InChI is InChI=1S/C12H26NO2P/c1-6-8-16(15,9-7-2)12(4,5)10-11(3)13-14/h14H,6-10H2,1-5H3/b13-11+. The van der Waals surface area contributed by atoms with E-state index in [0.717, 1.165) is 25.2 Å². The molecule has 0 aromatic carbocycles. The van der Waals surface area contributed by atoms with Gasteiger partial charge < -0.3 is 9.77 Å². The van der Waals surface area contributed by atoms with Crippen molar-refractivity contribution < 1.29 is 9.77 Å². The summed E-state index contributed by atoms with van der Waals surface area (Å²) < 4.78 is 12.9. The lowest BCUT2D eigenvalue weighted by Crippen LogP contribution is -2.26. The Morgan fingerprint density at radius 2 is 1.69 bits per heavy atom. The molecule has 0 amide bonds. The van der Waals surface area contributed by atoms with Crippen molar-refractivity contribution >= 4 is 12.9 Å². The first-order valence-corrected chi connectivity index (χ1v) is 8.16. The molecule has 0 aliphatic rings. The number of nitrogens with zero attached hydrogens (tertiary/aromatic N) is 1. The van der Waals surface area contributed by atoms with Crippen molar-refractivity contribution in [1.82, 2.24) is 0 Å².